The molecule has 0 amide bonds. The van der Waals surface area contributed by atoms with Gasteiger partial charge in [-0.15, -0.1) is 23.1 Å². The van der Waals surface area contributed by atoms with Crippen LogP contribution in [0.1, 0.15) is 10.4 Å². The molecule has 0 unspecified atom stereocenters. The smallest absolute Gasteiger partial charge is 0.151 e. The van der Waals surface area contributed by atoms with Gasteiger partial charge in [-0.05, 0) is 12.3 Å². The Hall–Kier alpha value is -1.000. The van der Waals surface area contributed by atoms with Crippen molar-refractivity contribution in [2.45, 2.75) is 4.90 Å². The molecule has 0 saturated carbocycles. The molecule has 0 atom stereocenters. The number of carbonyl (C=O) groups excluding carboxylic acids is 1. The first-order chi connectivity index (χ1) is 6.77. The number of rotatable bonds is 2. The molecule has 2 rings (SSSR count). The first-order valence-electron chi connectivity index (χ1n) is 4.06. The Bertz CT molecular complexity index is 490. The number of nitrogen functional groups attached to an aromatic ring is 1. The fourth-order valence-corrected chi connectivity index (χ4v) is 3.37. The third-order valence-corrected chi connectivity index (χ3v) is 4.10. The lowest BCUT2D eigenvalue weighted by Crippen LogP contribution is -1.87. The van der Waals surface area contributed by atoms with Crippen LogP contribution >= 0.6 is 23.1 Å². The van der Waals surface area contributed by atoms with Gasteiger partial charge in [-0.2, -0.15) is 0 Å². The van der Waals surface area contributed by atoms with Gasteiger partial charge < -0.3 is 5.73 Å². The molecule has 0 fully saturated rings. The van der Waals surface area contributed by atoms with Crippen LogP contribution in [0.15, 0.2) is 22.4 Å². The molecule has 0 saturated heterocycles. The molecule has 0 radical (unpaired) electrons. The number of thioether (sulfide) groups is 1. The van der Waals surface area contributed by atoms with Gasteiger partial charge in [-0.3, -0.25) is 4.79 Å². The van der Waals surface area contributed by atoms with Crippen LogP contribution in [0.5, 0.6) is 0 Å². The average molecular weight is 223 g/mol. The number of hydrogen-bond donors (Lipinski definition) is 1. The Morgan fingerprint density at radius 3 is 2.93 bits per heavy atom. The predicted molar refractivity (Wildman–Crippen MR) is 63.4 cm³/mol. The summed E-state index contributed by atoms with van der Waals surface area (Å²) >= 11 is 3.19. The van der Waals surface area contributed by atoms with E-state index in [2.05, 4.69) is 0 Å². The van der Waals surface area contributed by atoms with Crippen molar-refractivity contribution in [3.8, 4) is 0 Å². The number of benzene rings is 1. The van der Waals surface area contributed by atoms with Crippen molar-refractivity contribution in [1.82, 2.24) is 0 Å². The minimum Gasteiger partial charge on any atom is -0.398 e. The van der Waals surface area contributed by atoms with Gasteiger partial charge in [0.15, 0.2) is 6.29 Å². The van der Waals surface area contributed by atoms with Crippen LogP contribution in [-0.2, 0) is 0 Å². The van der Waals surface area contributed by atoms with Crippen molar-refractivity contribution >= 4 is 45.2 Å². The summed E-state index contributed by atoms with van der Waals surface area (Å²) in [5.41, 5.74) is 7.38. The van der Waals surface area contributed by atoms with Crippen LogP contribution in [0, 0.1) is 0 Å². The number of fused-ring (bicyclic) bond motifs is 1. The summed E-state index contributed by atoms with van der Waals surface area (Å²) in [5, 5.41) is 2.88. The molecule has 0 bridgehead atoms. The fraction of sp³-hybridized carbons (Fsp3) is 0.100. The van der Waals surface area contributed by atoms with Gasteiger partial charge in [0.2, 0.25) is 0 Å². The highest BCUT2D eigenvalue weighted by Crippen LogP contribution is 2.36. The fourth-order valence-electron chi connectivity index (χ4n) is 1.41. The number of aldehydes is 1. The molecule has 2 aromatic rings. The highest BCUT2D eigenvalue weighted by atomic mass is 32.2. The molecule has 0 aliphatic carbocycles. The van der Waals surface area contributed by atoms with E-state index in [1.807, 2.05) is 23.8 Å². The Morgan fingerprint density at radius 2 is 2.29 bits per heavy atom. The summed E-state index contributed by atoms with van der Waals surface area (Å²) in [5.74, 6) is 0. The molecule has 2 nitrogen and oxygen atoms in total. The third kappa shape index (κ3) is 1.31. The number of nitrogens with two attached hydrogens (primary N) is 1. The number of anilines is 1. The van der Waals surface area contributed by atoms with E-state index in [0.29, 0.717) is 0 Å². The molecule has 2 N–H and O–H groups in total. The molecular weight excluding hydrogens is 214 g/mol. The van der Waals surface area contributed by atoms with Gasteiger partial charge in [0.05, 0.1) is 4.70 Å². The van der Waals surface area contributed by atoms with Crippen LogP contribution in [-0.4, -0.2) is 12.5 Å². The SMILES string of the molecule is CSc1c(N)ccc2c(C=O)csc12. The van der Waals surface area contributed by atoms with Gasteiger partial charge >= 0.3 is 0 Å². The molecule has 4 heteroatoms. The van der Waals surface area contributed by atoms with E-state index < -0.39 is 0 Å². The molecule has 1 aromatic heterocycles. The van der Waals surface area contributed by atoms with Crippen molar-refractivity contribution in [2.24, 2.45) is 0 Å². The first-order valence-corrected chi connectivity index (χ1v) is 6.17. The maximum absolute atomic E-state index is 10.7. The lowest BCUT2D eigenvalue weighted by Gasteiger charge is -2.03. The lowest BCUT2D eigenvalue weighted by atomic mass is 10.2. The number of carbonyl (C=O) groups is 1. The van der Waals surface area contributed by atoms with Crippen molar-refractivity contribution in [1.29, 1.82) is 0 Å². The molecule has 72 valence electrons. The Morgan fingerprint density at radius 1 is 1.50 bits per heavy atom. The second-order valence-corrected chi connectivity index (χ2v) is 4.57. The van der Waals surface area contributed by atoms with Crippen LogP contribution < -0.4 is 5.73 Å². The molecular formula is C10H9NOS2. The maximum Gasteiger partial charge on any atom is 0.151 e. The van der Waals surface area contributed by atoms with E-state index in [9.17, 15) is 4.79 Å². The minimum atomic E-state index is 0.750. The second kappa shape index (κ2) is 3.63. The summed E-state index contributed by atoms with van der Waals surface area (Å²) in [7, 11) is 0. The van der Waals surface area contributed by atoms with E-state index in [1.54, 1.807) is 23.1 Å². The summed E-state index contributed by atoms with van der Waals surface area (Å²) in [6.07, 6.45) is 2.88. The van der Waals surface area contributed by atoms with Gasteiger partial charge in [-0.1, -0.05) is 6.07 Å². The molecule has 1 aromatic carbocycles. The zero-order valence-electron chi connectivity index (χ0n) is 7.61. The van der Waals surface area contributed by atoms with Gasteiger partial charge in [-0.25, -0.2) is 0 Å². The van der Waals surface area contributed by atoms with Gasteiger partial charge in [0, 0.05) is 26.9 Å². The predicted octanol–water partition coefficient (Wildman–Crippen LogP) is 3.02. The Balaban J connectivity index is 2.83. The zero-order valence-corrected chi connectivity index (χ0v) is 9.24. The maximum atomic E-state index is 10.7. The minimum absolute atomic E-state index is 0.750. The molecule has 14 heavy (non-hydrogen) atoms. The largest absolute Gasteiger partial charge is 0.398 e. The van der Waals surface area contributed by atoms with Crippen LogP contribution in [0.4, 0.5) is 5.69 Å². The Labute approximate surface area is 90.1 Å². The normalized spacial score (nSPS) is 10.6. The summed E-state index contributed by atoms with van der Waals surface area (Å²) in [4.78, 5) is 11.8. The number of thiophene rings is 1. The Kier molecular flexibility index (Phi) is 2.48. The van der Waals surface area contributed by atoms with Crippen molar-refractivity contribution in [3.63, 3.8) is 0 Å². The highest BCUT2D eigenvalue weighted by molar-refractivity contribution is 7.99. The monoisotopic (exact) mass is 223 g/mol. The standard InChI is InChI=1S/C10H9NOS2/c1-13-10-8(11)3-2-7-6(4-12)5-14-9(7)10/h2-5H,11H2,1H3. The topological polar surface area (TPSA) is 43.1 Å². The van der Waals surface area contributed by atoms with Crippen molar-refractivity contribution < 1.29 is 4.79 Å². The van der Waals surface area contributed by atoms with Crippen molar-refractivity contribution in [3.05, 3.63) is 23.1 Å². The summed E-state index contributed by atoms with van der Waals surface area (Å²) < 4.78 is 1.11. The third-order valence-electron chi connectivity index (χ3n) is 2.09. The lowest BCUT2D eigenvalue weighted by molar-refractivity contribution is 0.112. The zero-order chi connectivity index (χ0) is 10.1. The average Bonchev–Trinajstić information content (AvgIpc) is 2.60. The van der Waals surface area contributed by atoms with E-state index >= 15 is 0 Å². The molecule has 0 aliphatic heterocycles. The van der Waals surface area contributed by atoms with E-state index in [-0.39, 0.29) is 0 Å². The summed E-state index contributed by atoms with van der Waals surface area (Å²) in [6.45, 7) is 0. The first kappa shape index (κ1) is 9.55. The molecule has 0 aliphatic rings. The highest BCUT2D eigenvalue weighted by Gasteiger charge is 2.09. The van der Waals surface area contributed by atoms with Gasteiger partial charge in [0.1, 0.15) is 0 Å². The van der Waals surface area contributed by atoms with Crippen LogP contribution in [0.25, 0.3) is 10.1 Å². The van der Waals surface area contributed by atoms with Gasteiger partial charge in [0.25, 0.3) is 0 Å². The van der Waals surface area contributed by atoms with Crippen LogP contribution in [0.3, 0.4) is 0 Å². The van der Waals surface area contributed by atoms with Crippen LogP contribution in [0.2, 0.25) is 0 Å². The van der Waals surface area contributed by atoms with E-state index in [1.165, 1.54) is 0 Å². The number of hydrogen-bond acceptors (Lipinski definition) is 4. The molecule has 1 heterocycles. The van der Waals surface area contributed by atoms with E-state index in [0.717, 1.165) is 32.5 Å². The van der Waals surface area contributed by atoms with E-state index in [4.69, 9.17) is 5.73 Å². The second-order valence-electron chi connectivity index (χ2n) is 2.87. The summed E-state index contributed by atoms with van der Waals surface area (Å²) in [6, 6.07) is 3.76. The quantitative estimate of drug-likeness (QED) is 0.483. The van der Waals surface area contributed by atoms with Crippen molar-refractivity contribution in [2.75, 3.05) is 12.0 Å². The molecule has 0 spiro atoms.